The lowest BCUT2D eigenvalue weighted by Gasteiger charge is -2.09. The molecule has 0 fully saturated rings. The molecular formula is C19H17ClF3NO. The van der Waals surface area contributed by atoms with Crippen molar-refractivity contribution < 1.29 is 34.9 Å². The van der Waals surface area contributed by atoms with Crippen LogP contribution in [0.4, 0.5) is 13.2 Å². The van der Waals surface area contributed by atoms with Gasteiger partial charge in [0.1, 0.15) is 5.75 Å². The van der Waals surface area contributed by atoms with Gasteiger partial charge in [0.15, 0.2) is 18.9 Å². The van der Waals surface area contributed by atoms with Gasteiger partial charge >= 0.3 is 6.18 Å². The SMILES string of the molecule is FC(F)(F)c1cccc(OCCC[n+]2ccc3ccccc3c2)c1.[Cl-]. The van der Waals surface area contributed by atoms with E-state index in [2.05, 4.69) is 16.8 Å². The maximum absolute atomic E-state index is 12.6. The Labute approximate surface area is 150 Å². The van der Waals surface area contributed by atoms with Crippen LogP contribution in [-0.2, 0) is 12.7 Å². The average molecular weight is 368 g/mol. The van der Waals surface area contributed by atoms with Gasteiger partial charge in [-0.05, 0) is 29.7 Å². The molecule has 0 bridgehead atoms. The number of fused-ring (bicyclic) bond motifs is 1. The Morgan fingerprint density at radius 3 is 2.44 bits per heavy atom. The van der Waals surface area contributed by atoms with Crippen molar-refractivity contribution in [3.05, 3.63) is 72.6 Å². The number of aromatic nitrogens is 1. The number of aryl methyl sites for hydroxylation is 1. The quantitative estimate of drug-likeness (QED) is 0.493. The summed E-state index contributed by atoms with van der Waals surface area (Å²) < 4.78 is 45.4. The molecule has 0 saturated carbocycles. The summed E-state index contributed by atoms with van der Waals surface area (Å²) in [6, 6.07) is 15.1. The minimum absolute atomic E-state index is 0. The molecule has 0 amide bonds. The minimum Gasteiger partial charge on any atom is -1.00 e. The molecule has 3 rings (SSSR count). The first-order valence-electron chi connectivity index (χ1n) is 7.70. The molecule has 0 atom stereocenters. The van der Waals surface area contributed by atoms with Crippen molar-refractivity contribution >= 4 is 10.8 Å². The predicted octanol–water partition coefficient (Wildman–Crippen LogP) is 1.62. The van der Waals surface area contributed by atoms with Crippen LogP contribution < -0.4 is 21.7 Å². The molecule has 1 aromatic heterocycles. The van der Waals surface area contributed by atoms with Gasteiger partial charge in [0.05, 0.1) is 12.2 Å². The maximum atomic E-state index is 12.6. The van der Waals surface area contributed by atoms with E-state index in [1.54, 1.807) is 6.07 Å². The standard InChI is InChI=1S/C19H17F3NO.ClH/c20-19(21,22)17-7-3-8-18(13-17)24-12-4-10-23-11-9-15-5-1-2-6-16(15)14-23;/h1-3,5-9,11,13-14H,4,10,12H2;1H/q+1;/p-1. The van der Waals surface area contributed by atoms with E-state index in [9.17, 15) is 13.2 Å². The number of rotatable bonds is 5. The summed E-state index contributed by atoms with van der Waals surface area (Å²) in [4.78, 5) is 0. The fourth-order valence-electron chi connectivity index (χ4n) is 2.52. The summed E-state index contributed by atoms with van der Waals surface area (Å²) in [6.45, 7) is 1.10. The number of alkyl halides is 3. The van der Waals surface area contributed by atoms with Crippen LogP contribution in [-0.4, -0.2) is 6.61 Å². The van der Waals surface area contributed by atoms with Gasteiger partial charge in [-0.3, -0.25) is 0 Å². The van der Waals surface area contributed by atoms with Crippen LogP contribution in [0.5, 0.6) is 5.75 Å². The van der Waals surface area contributed by atoms with Crippen LogP contribution in [0.15, 0.2) is 67.0 Å². The van der Waals surface area contributed by atoms with Gasteiger partial charge < -0.3 is 17.1 Å². The molecule has 25 heavy (non-hydrogen) atoms. The fourth-order valence-corrected chi connectivity index (χ4v) is 2.52. The van der Waals surface area contributed by atoms with E-state index in [1.165, 1.54) is 11.5 Å². The van der Waals surface area contributed by atoms with E-state index >= 15 is 0 Å². The topological polar surface area (TPSA) is 13.1 Å². The van der Waals surface area contributed by atoms with Crippen molar-refractivity contribution in [3.63, 3.8) is 0 Å². The smallest absolute Gasteiger partial charge is 0.416 e. The Hall–Kier alpha value is -2.27. The number of pyridine rings is 1. The van der Waals surface area contributed by atoms with E-state index in [0.29, 0.717) is 13.0 Å². The summed E-state index contributed by atoms with van der Waals surface area (Å²) in [5.41, 5.74) is -0.691. The van der Waals surface area contributed by atoms with E-state index in [4.69, 9.17) is 4.74 Å². The second-order valence-electron chi connectivity index (χ2n) is 5.54. The molecule has 2 nitrogen and oxygen atoms in total. The highest BCUT2D eigenvalue weighted by Gasteiger charge is 2.30. The first-order chi connectivity index (χ1) is 11.5. The lowest BCUT2D eigenvalue weighted by Crippen LogP contribution is -3.00. The van der Waals surface area contributed by atoms with Crippen LogP contribution in [0.3, 0.4) is 0 Å². The summed E-state index contributed by atoms with van der Waals surface area (Å²) in [6.07, 6.45) is 0.409. The molecule has 0 radical (unpaired) electrons. The molecule has 3 aromatic rings. The number of halogens is 4. The fraction of sp³-hybridized carbons (Fsp3) is 0.211. The van der Waals surface area contributed by atoms with Crippen molar-refractivity contribution in [2.75, 3.05) is 6.61 Å². The van der Waals surface area contributed by atoms with E-state index < -0.39 is 11.7 Å². The number of nitrogens with zero attached hydrogens (tertiary/aromatic N) is 1. The third-order valence-electron chi connectivity index (χ3n) is 3.74. The van der Waals surface area contributed by atoms with Gasteiger partial charge in [-0.15, -0.1) is 0 Å². The van der Waals surface area contributed by atoms with Crippen LogP contribution in [0.25, 0.3) is 10.8 Å². The zero-order chi connectivity index (χ0) is 17.0. The molecule has 1 heterocycles. The second kappa shape index (κ2) is 8.21. The van der Waals surface area contributed by atoms with Gasteiger partial charge in [0, 0.05) is 17.9 Å². The minimum atomic E-state index is -4.35. The Bertz CT molecular complexity index is 836. The molecule has 6 heteroatoms. The Morgan fingerprint density at radius 1 is 0.920 bits per heavy atom. The third-order valence-corrected chi connectivity index (χ3v) is 3.74. The summed E-state index contributed by atoms with van der Waals surface area (Å²) in [5, 5.41) is 2.33. The van der Waals surface area contributed by atoms with Crippen LogP contribution in [0, 0.1) is 0 Å². The first-order valence-corrected chi connectivity index (χ1v) is 7.70. The monoisotopic (exact) mass is 367 g/mol. The number of ether oxygens (including phenoxy) is 1. The van der Waals surface area contributed by atoms with Crippen molar-refractivity contribution in [1.29, 1.82) is 0 Å². The molecule has 0 saturated heterocycles. The molecule has 132 valence electrons. The molecule has 0 spiro atoms. The van der Waals surface area contributed by atoms with Crippen molar-refractivity contribution in [2.45, 2.75) is 19.1 Å². The maximum Gasteiger partial charge on any atom is 0.416 e. The Kier molecular flexibility index (Phi) is 6.26. The first kappa shape index (κ1) is 19.1. The summed E-state index contributed by atoms with van der Waals surface area (Å²) in [5.74, 6) is 0.244. The second-order valence-corrected chi connectivity index (χ2v) is 5.54. The normalized spacial score (nSPS) is 11.2. The largest absolute Gasteiger partial charge is 1.00 e. The molecule has 0 aliphatic carbocycles. The lowest BCUT2D eigenvalue weighted by molar-refractivity contribution is -0.696. The summed E-state index contributed by atoms with van der Waals surface area (Å²) in [7, 11) is 0. The molecule has 2 aromatic carbocycles. The predicted molar refractivity (Wildman–Crippen MR) is 85.7 cm³/mol. The average Bonchev–Trinajstić information content (AvgIpc) is 2.58. The molecule has 0 unspecified atom stereocenters. The van der Waals surface area contributed by atoms with Crippen molar-refractivity contribution in [1.82, 2.24) is 0 Å². The number of benzene rings is 2. The third kappa shape index (κ3) is 5.10. The summed E-state index contributed by atoms with van der Waals surface area (Å²) >= 11 is 0. The number of hydrogen-bond donors (Lipinski definition) is 0. The highest BCUT2D eigenvalue weighted by atomic mass is 35.5. The van der Waals surface area contributed by atoms with Gasteiger partial charge in [-0.2, -0.15) is 13.2 Å². The van der Waals surface area contributed by atoms with Crippen LogP contribution >= 0.6 is 0 Å². The highest BCUT2D eigenvalue weighted by molar-refractivity contribution is 5.80. The Balaban J connectivity index is 0.00000225. The van der Waals surface area contributed by atoms with Crippen LogP contribution in [0.1, 0.15) is 12.0 Å². The number of hydrogen-bond acceptors (Lipinski definition) is 1. The zero-order valence-corrected chi connectivity index (χ0v) is 14.1. The zero-order valence-electron chi connectivity index (χ0n) is 13.3. The van der Waals surface area contributed by atoms with Crippen LogP contribution in [0.2, 0.25) is 0 Å². The Morgan fingerprint density at radius 2 is 1.68 bits per heavy atom. The van der Waals surface area contributed by atoms with Gasteiger partial charge in [-0.1, -0.05) is 24.3 Å². The van der Waals surface area contributed by atoms with Gasteiger partial charge in [-0.25, -0.2) is 4.57 Å². The van der Waals surface area contributed by atoms with E-state index in [-0.39, 0.29) is 18.2 Å². The van der Waals surface area contributed by atoms with Crippen molar-refractivity contribution in [2.24, 2.45) is 0 Å². The highest BCUT2D eigenvalue weighted by Crippen LogP contribution is 2.31. The van der Waals surface area contributed by atoms with Gasteiger partial charge in [0.2, 0.25) is 0 Å². The van der Waals surface area contributed by atoms with E-state index in [1.807, 2.05) is 30.5 Å². The lowest BCUT2D eigenvalue weighted by atomic mass is 10.2. The molecule has 0 aliphatic rings. The molecule has 0 aliphatic heterocycles. The molecular weight excluding hydrogens is 351 g/mol. The van der Waals surface area contributed by atoms with E-state index in [0.717, 1.165) is 24.1 Å². The van der Waals surface area contributed by atoms with Crippen molar-refractivity contribution in [3.8, 4) is 5.75 Å². The molecule has 0 N–H and O–H groups in total. The van der Waals surface area contributed by atoms with Gasteiger partial charge in [0.25, 0.3) is 0 Å².